The van der Waals surface area contributed by atoms with Gasteiger partial charge >= 0.3 is 0 Å². The summed E-state index contributed by atoms with van der Waals surface area (Å²) in [5, 5.41) is 3.18. The summed E-state index contributed by atoms with van der Waals surface area (Å²) in [7, 11) is 1.17. The molecule has 0 aromatic carbocycles. The maximum absolute atomic E-state index is 11.0. The first-order valence-corrected chi connectivity index (χ1v) is 7.52. The topological polar surface area (TPSA) is 49.4 Å². The predicted octanol–water partition coefficient (Wildman–Crippen LogP) is -0.0392. The molecule has 0 radical (unpaired) electrons. The van der Waals surface area contributed by atoms with Crippen molar-refractivity contribution in [2.75, 3.05) is 39.2 Å². The molecule has 15 heavy (non-hydrogen) atoms. The van der Waals surface area contributed by atoms with Gasteiger partial charge in [0, 0.05) is 18.8 Å². The van der Waals surface area contributed by atoms with Crippen LogP contribution in [0, 0.1) is 5.92 Å². The van der Waals surface area contributed by atoms with E-state index in [-0.39, 0.29) is 5.75 Å². The Morgan fingerprint density at radius 3 is 2.47 bits per heavy atom. The molecule has 1 aliphatic carbocycles. The lowest BCUT2D eigenvalue weighted by Gasteiger charge is -2.42. The zero-order chi connectivity index (χ0) is 11.5. The molecule has 0 aromatic heterocycles. The Bertz CT molecular complexity index is 290. The lowest BCUT2D eigenvalue weighted by molar-refractivity contribution is 0.0903. The molecule has 0 bridgehead atoms. The highest BCUT2D eigenvalue weighted by atomic mass is 32.2. The van der Waals surface area contributed by atoms with Crippen molar-refractivity contribution in [3.63, 3.8) is 0 Å². The van der Waals surface area contributed by atoms with Gasteiger partial charge in [-0.2, -0.15) is 0 Å². The van der Waals surface area contributed by atoms with Crippen molar-refractivity contribution in [2.45, 2.75) is 18.9 Å². The van der Waals surface area contributed by atoms with E-state index in [1.165, 1.54) is 19.1 Å². The number of sulfone groups is 1. The van der Waals surface area contributed by atoms with E-state index in [0.29, 0.717) is 18.5 Å². The molecule has 0 amide bonds. The Hall–Kier alpha value is -0.130. The SMILES string of the molecule is CNCC1CCC1N(C)CCS(C)(=O)=O. The smallest absolute Gasteiger partial charge is 0.148 e. The molecule has 1 saturated carbocycles. The highest BCUT2D eigenvalue weighted by Crippen LogP contribution is 2.30. The summed E-state index contributed by atoms with van der Waals surface area (Å²) in [5.41, 5.74) is 0. The van der Waals surface area contributed by atoms with Crippen LogP contribution in [0.4, 0.5) is 0 Å². The van der Waals surface area contributed by atoms with Crippen molar-refractivity contribution < 1.29 is 8.42 Å². The van der Waals surface area contributed by atoms with Gasteiger partial charge in [-0.25, -0.2) is 8.42 Å². The Morgan fingerprint density at radius 1 is 1.40 bits per heavy atom. The van der Waals surface area contributed by atoms with Gasteiger partial charge in [0.2, 0.25) is 0 Å². The lowest BCUT2D eigenvalue weighted by atomic mass is 9.78. The Balaban J connectivity index is 2.31. The summed E-state index contributed by atoms with van der Waals surface area (Å²) in [6.45, 7) is 1.69. The molecule has 2 unspecified atom stereocenters. The highest BCUT2D eigenvalue weighted by Gasteiger charge is 2.33. The first-order valence-electron chi connectivity index (χ1n) is 5.46. The third-order valence-electron chi connectivity index (χ3n) is 3.22. The molecular weight excluding hydrogens is 212 g/mol. The average molecular weight is 234 g/mol. The van der Waals surface area contributed by atoms with E-state index in [9.17, 15) is 8.42 Å². The summed E-state index contributed by atoms with van der Waals surface area (Å²) in [6.07, 6.45) is 3.76. The maximum atomic E-state index is 11.0. The molecule has 0 aliphatic heterocycles. The summed E-state index contributed by atoms with van der Waals surface area (Å²) in [6, 6.07) is 0.569. The second-order valence-electron chi connectivity index (χ2n) is 4.57. The van der Waals surface area contributed by atoms with E-state index in [1.54, 1.807) is 0 Å². The van der Waals surface area contributed by atoms with Gasteiger partial charge in [0.05, 0.1) is 5.75 Å². The second-order valence-corrected chi connectivity index (χ2v) is 6.83. The average Bonchev–Trinajstić information content (AvgIpc) is 2.08. The van der Waals surface area contributed by atoms with Crippen LogP contribution in [0.25, 0.3) is 0 Å². The van der Waals surface area contributed by atoms with E-state index in [2.05, 4.69) is 10.2 Å². The third kappa shape index (κ3) is 4.09. The zero-order valence-electron chi connectivity index (χ0n) is 9.86. The van der Waals surface area contributed by atoms with Gasteiger partial charge in [-0.15, -0.1) is 0 Å². The molecule has 90 valence electrons. The fraction of sp³-hybridized carbons (Fsp3) is 1.00. The van der Waals surface area contributed by atoms with Gasteiger partial charge in [0.15, 0.2) is 0 Å². The van der Waals surface area contributed by atoms with Crippen LogP contribution in [0.5, 0.6) is 0 Å². The van der Waals surface area contributed by atoms with Crippen molar-refractivity contribution >= 4 is 9.84 Å². The molecule has 4 nitrogen and oxygen atoms in total. The number of rotatable bonds is 6. The fourth-order valence-corrected chi connectivity index (χ4v) is 2.73. The molecule has 5 heteroatoms. The Morgan fingerprint density at radius 2 is 2.07 bits per heavy atom. The van der Waals surface area contributed by atoms with Crippen LogP contribution in [-0.4, -0.2) is 58.6 Å². The second kappa shape index (κ2) is 5.27. The standard InChI is InChI=1S/C10H22N2O2S/c1-11-8-9-4-5-10(9)12(2)6-7-15(3,13)14/h9-11H,4-8H2,1-3H3. The Kier molecular flexibility index (Phi) is 4.55. The van der Waals surface area contributed by atoms with Crippen LogP contribution in [-0.2, 0) is 9.84 Å². The molecule has 0 aromatic rings. The summed E-state index contributed by atoms with van der Waals surface area (Å²) in [5.74, 6) is 0.964. The van der Waals surface area contributed by atoms with Gasteiger partial charge < -0.3 is 10.2 Å². The molecule has 2 atom stereocenters. The molecule has 0 spiro atoms. The number of hydrogen-bond donors (Lipinski definition) is 1. The van der Waals surface area contributed by atoms with Crippen molar-refractivity contribution in [3.8, 4) is 0 Å². The fourth-order valence-electron chi connectivity index (χ4n) is 2.11. The van der Waals surface area contributed by atoms with Gasteiger partial charge in [0.25, 0.3) is 0 Å². The quantitative estimate of drug-likeness (QED) is 0.701. The highest BCUT2D eigenvalue weighted by molar-refractivity contribution is 7.90. The lowest BCUT2D eigenvalue weighted by Crippen LogP contribution is -2.49. The van der Waals surface area contributed by atoms with E-state index >= 15 is 0 Å². The monoisotopic (exact) mass is 234 g/mol. The Labute approximate surface area is 93.0 Å². The van der Waals surface area contributed by atoms with Crippen molar-refractivity contribution in [1.82, 2.24) is 10.2 Å². The first kappa shape index (κ1) is 12.9. The van der Waals surface area contributed by atoms with Gasteiger partial charge in [0.1, 0.15) is 9.84 Å². The van der Waals surface area contributed by atoms with E-state index in [4.69, 9.17) is 0 Å². The minimum absolute atomic E-state index is 0.270. The summed E-state index contributed by atoms with van der Waals surface area (Å²) >= 11 is 0. The summed E-state index contributed by atoms with van der Waals surface area (Å²) in [4.78, 5) is 2.19. The van der Waals surface area contributed by atoms with Crippen LogP contribution in [0.15, 0.2) is 0 Å². The molecule has 1 N–H and O–H groups in total. The van der Waals surface area contributed by atoms with Gasteiger partial charge in [-0.05, 0) is 39.4 Å². The van der Waals surface area contributed by atoms with Gasteiger partial charge in [-0.1, -0.05) is 0 Å². The minimum Gasteiger partial charge on any atom is -0.319 e. The zero-order valence-corrected chi connectivity index (χ0v) is 10.7. The van der Waals surface area contributed by atoms with E-state index in [1.807, 2.05) is 14.1 Å². The minimum atomic E-state index is -2.82. The molecule has 0 saturated heterocycles. The molecule has 1 fully saturated rings. The van der Waals surface area contributed by atoms with Crippen LogP contribution in [0.3, 0.4) is 0 Å². The van der Waals surface area contributed by atoms with Crippen LogP contribution in [0.1, 0.15) is 12.8 Å². The normalized spacial score (nSPS) is 26.7. The number of nitrogens with one attached hydrogen (secondary N) is 1. The largest absolute Gasteiger partial charge is 0.319 e. The van der Waals surface area contributed by atoms with Crippen LogP contribution < -0.4 is 5.32 Å². The molecular formula is C10H22N2O2S. The van der Waals surface area contributed by atoms with Crippen molar-refractivity contribution in [3.05, 3.63) is 0 Å². The molecule has 0 heterocycles. The van der Waals surface area contributed by atoms with E-state index < -0.39 is 9.84 Å². The first-order chi connectivity index (χ1) is 6.94. The van der Waals surface area contributed by atoms with Crippen molar-refractivity contribution in [1.29, 1.82) is 0 Å². The number of nitrogens with zero attached hydrogens (tertiary/aromatic N) is 1. The van der Waals surface area contributed by atoms with Crippen molar-refractivity contribution in [2.24, 2.45) is 5.92 Å². The third-order valence-corrected chi connectivity index (χ3v) is 4.15. The number of hydrogen-bond acceptors (Lipinski definition) is 4. The predicted molar refractivity (Wildman–Crippen MR) is 62.8 cm³/mol. The van der Waals surface area contributed by atoms with Crippen LogP contribution in [0.2, 0.25) is 0 Å². The van der Waals surface area contributed by atoms with Crippen LogP contribution >= 0.6 is 0 Å². The molecule has 1 rings (SSSR count). The maximum Gasteiger partial charge on any atom is 0.148 e. The molecule has 1 aliphatic rings. The van der Waals surface area contributed by atoms with Gasteiger partial charge in [-0.3, -0.25) is 0 Å². The van der Waals surface area contributed by atoms with E-state index in [0.717, 1.165) is 6.54 Å². The summed E-state index contributed by atoms with van der Waals surface area (Å²) < 4.78 is 22.1.